The molecule has 1 unspecified atom stereocenters. The molecule has 2 aliphatic rings. The van der Waals surface area contributed by atoms with Crippen molar-refractivity contribution >= 4 is 15.7 Å². The highest BCUT2D eigenvalue weighted by atomic mass is 32.2. The molecule has 0 radical (unpaired) electrons. The van der Waals surface area contributed by atoms with Gasteiger partial charge < -0.3 is 4.90 Å². The second-order valence-corrected chi connectivity index (χ2v) is 8.31. The Labute approximate surface area is 124 Å². The number of rotatable bonds is 3. The van der Waals surface area contributed by atoms with Gasteiger partial charge >= 0.3 is 0 Å². The van der Waals surface area contributed by atoms with Gasteiger partial charge in [0.25, 0.3) is 5.91 Å². The van der Waals surface area contributed by atoms with Gasteiger partial charge in [0.2, 0.25) is 0 Å². The van der Waals surface area contributed by atoms with Gasteiger partial charge in [-0.05, 0) is 26.2 Å². The van der Waals surface area contributed by atoms with Crippen LogP contribution in [0.3, 0.4) is 0 Å². The number of aryl methyl sites for hydroxylation is 1. The second kappa shape index (κ2) is 5.05. The minimum absolute atomic E-state index is 0.136. The van der Waals surface area contributed by atoms with E-state index in [1.165, 1.54) is 6.26 Å². The lowest BCUT2D eigenvalue weighted by Crippen LogP contribution is -2.32. The molecular weight excluding hydrogens is 290 g/mol. The largest absolute Gasteiger partial charge is 0.337 e. The third-order valence-corrected chi connectivity index (χ3v) is 5.77. The van der Waals surface area contributed by atoms with Crippen molar-refractivity contribution in [2.45, 2.75) is 37.4 Å². The number of hydrogen-bond donors (Lipinski definition) is 0. The van der Waals surface area contributed by atoms with Gasteiger partial charge in [-0.15, -0.1) is 0 Å². The molecule has 0 spiro atoms. The van der Waals surface area contributed by atoms with E-state index in [9.17, 15) is 13.2 Å². The van der Waals surface area contributed by atoms with Gasteiger partial charge in [0.15, 0.2) is 9.84 Å². The highest BCUT2D eigenvalue weighted by molar-refractivity contribution is 7.91. The molecule has 3 rings (SSSR count). The van der Waals surface area contributed by atoms with E-state index in [1.54, 1.807) is 11.1 Å². The number of sulfone groups is 1. The fourth-order valence-electron chi connectivity index (χ4n) is 2.75. The predicted octanol–water partition coefficient (Wildman–Crippen LogP) is 0.922. The highest BCUT2D eigenvalue weighted by Crippen LogP contribution is 2.40. The van der Waals surface area contributed by atoms with Crippen LogP contribution in [0.25, 0.3) is 0 Å². The lowest BCUT2D eigenvalue weighted by atomic mass is 10.1. The number of nitrogens with zero attached hydrogens (tertiary/aromatic N) is 3. The Morgan fingerprint density at radius 1 is 1.33 bits per heavy atom. The van der Waals surface area contributed by atoms with Crippen LogP contribution in [0.2, 0.25) is 0 Å². The number of carbonyl (C=O) groups is 1. The smallest absolute Gasteiger partial charge is 0.257 e. The van der Waals surface area contributed by atoms with Crippen LogP contribution in [0.4, 0.5) is 0 Å². The summed E-state index contributed by atoms with van der Waals surface area (Å²) in [5.41, 5.74) is 1.37. The van der Waals surface area contributed by atoms with Crippen LogP contribution in [0, 0.1) is 6.92 Å². The monoisotopic (exact) mass is 309 g/mol. The third-order valence-electron chi connectivity index (χ3n) is 4.17. The molecule has 114 valence electrons. The molecule has 1 amide bonds. The molecule has 1 saturated heterocycles. The van der Waals surface area contributed by atoms with E-state index in [0.29, 0.717) is 30.3 Å². The van der Waals surface area contributed by atoms with Crippen molar-refractivity contribution < 1.29 is 13.2 Å². The van der Waals surface area contributed by atoms with Gasteiger partial charge in [0.05, 0.1) is 16.5 Å². The third kappa shape index (κ3) is 2.92. The van der Waals surface area contributed by atoms with Gasteiger partial charge in [0, 0.05) is 31.5 Å². The summed E-state index contributed by atoms with van der Waals surface area (Å²) in [6.07, 6.45) is 5.45. The quantitative estimate of drug-likeness (QED) is 0.829. The molecule has 2 heterocycles. The summed E-state index contributed by atoms with van der Waals surface area (Å²) >= 11 is 0. The Kier molecular flexibility index (Phi) is 3.47. The molecule has 1 saturated carbocycles. The standard InChI is InChI=1S/C14H19N3O3S/c1-9-15-7-12(13(16-9)10-3-4-10)14(18)17-6-5-11(8-17)21(2,19)20/h7,10-11H,3-6,8H2,1-2H3. The van der Waals surface area contributed by atoms with Crippen molar-refractivity contribution in [3.8, 4) is 0 Å². The summed E-state index contributed by atoms with van der Waals surface area (Å²) in [5, 5.41) is -0.447. The Bertz CT molecular complexity index is 683. The average Bonchev–Trinajstić information content (AvgIpc) is 3.12. The molecule has 1 atom stereocenters. The zero-order valence-corrected chi connectivity index (χ0v) is 13.1. The fraction of sp³-hybridized carbons (Fsp3) is 0.643. The molecule has 6 nitrogen and oxygen atoms in total. The van der Waals surface area contributed by atoms with Crippen molar-refractivity contribution in [3.63, 3.8) is 0 Å². The SMILES string of the molecule is Cc1ncc(C(=O)N2CCC(S(C)(=O)=O)C2)c(C2CC2)n1. The molecule has 0 N–H and O–H groups in total. The van der Waals surface area contributed by atoms with Crippen molar-refractivity contribution in [2.75, 3.05) is 19.3 Å². The Hall–Kier alpha value is -1.50. The molecule has 1 aromatic heterocycles. The summed E-state index contributed by atoms with van der Waals surface area (Å²) in [6.45, 7) is 2.57. The number of aromatic nitrogens is 2. The van der Waals surface area contributed by atoms with Crippen LogP contribution in [-0.2, 0) is 9.84 Å². The van der Waals surface area contributed by atoms with Crippen LogP contribution in [-0.4, -0.2) is 53.8 Å². The lowest BCUT2D eigenvalue weighted by molar-refractivity contribution is 0.0791. The molecular formula is C14H19N3O3S. The molecule has 1 aliphatic carbocycles. The number of hydrogen-bond acceptors (Lipinski definition) is 5. The first-order valence-electron chi connectivity index (χ1n) is 7.18. The van der Waals surface area contributed by atoms with Crippen molar-refractivity contribution in [3.05, 3.63) is 23.3 Å². The fourth-order valence-corrected chi connectivity index (χ4v) is 3.74. The molecule has 1 aliphatic heterocycles. The van der Waals surface area contributed by atoms with E-state index in [0.717, 1.165) is 18.5 Å². The first kappa shape index (κ1) is 14.4. The van der Waals surface area contributed by atoms with Crippen LogP contribution in [0.1, 0.15) is 47.1 Å². The van der Waals surface area contributed by atoms with Crippen LogP contribution < -0.4 is 0 Å². The zero-order chi connectivity index (χ0) is 15.2. The lowest BCUT2D eigenvalue weighted by Gasteiger charge is -2.17. The zero-order valence-electron chi connectivity index (χ0n) is 12.2. The maximum atomic E-state index is 12.6. The maximum absolute atomic E-state index is 12.6. The normalized spacial score (nSPS) is 22.6. The molecule has 0 aromatic carbocycles. The number of carbonyl (C=O) groups excluding carboxylic acids is 1. The van der Waals surface area contributed by atoms with Crippen LogP contribution in [0.5, 0.6) is 0 Å². The molecule has 21 heavy (non-hydrogen) atoms. The summed E-state index contributed by atoms with van der Waals surface area (Å²) in [7, 11) is -3.10. The van der Waals surface area contributed by atoms with E-state index in [2.05, 4.69) is 9.97 Å². The van der Waals surface area contributed by atoms with E-state index < -0.39 is 15.1 Å². The van der Waals surface area contributed by atoms with Gasteiger partial charge in [-0.25, -0.2) is 18.4 Å². The van der Waals surface area contributed by atoms with E-state index in [4.69, 9.17) is 0 Å². The van der Waals surface area contributed by atoms with Crippen LogP contribution in [0.15, 0.2) is 6.20 Å². The Morgan fingerprint density at radius 2 is 2.05 bits per heavy atom. The van der Waals surface area contributed by atoms with Gasteiger partial charge in [-0.2, -0.15) is 0 Å². The van der Waals surface area contributed by atoms with Crippen molar-refractivity contribution in [2.24, 2.45) is 0 Å². The topological polar surface area (TPSA) is 80.2 Å². The first-order chi connectivity index (χ1) is 9.86. The number of amides is 1. The van der Waals surface area contributed by atoms with Crippen molar-refractivity contribution in [1.29, 1.82) is 0 Å². The van der Waals surface area contributed by atoms with Crippen molar-refractivity contribution in [1.82, 2.24) is 14.9 Å². The molecule has 0 bridgehead atoms. The highest BCUT2D eigenvalue weighted by Gasteiger charge is 2.36. The minimum Gasteiger partial charge on any atom is -0.337 e. The average molecular weight is 309 g/mol. The summed E-state index contributed by atoms with van der Waals surface area (Å²) in [5.74, 6) is 0.894. The number of likely N-dealkylation sites (tertiary alicyclic amines) is 1. The van der Waals surface area contributed by atoms with E-state index in [-0.39, 0.29) is 12.5 Å². The van der Waals surface area contributed by atoms with Gasteiger partial charge in [0.1, 0.15) is 5.82 Å². The molecule has 2 fully saturated rings. The van der Waals surface area contributed by atoms with Gasteiger partial charge in [-0.3, -0.25) is 4.79 Å². The second-order valence-electron chi connectivity index (χ2n) is 5.98. The van der Waals surface area contributed by atoms with E-state index >= 15 is 0 Å². The van der Waals surface area contributed by atoms with E-state index in [1.807, 2.05) is 6.92 Å². The Balaban J connectivity index is 1.83. The first-order valence-corrected chi connectivity index (χ1v) is 9.13. The maximum Gasteiger partial charge on any atom is 0.257 e. The summed E-state index contributed by atoms with van der Waals surface area (Å²) in [6, 6.07) is 0. The summed E-state index contributed by atoms with van der Waals surface area (Å²) < 4.78 is 23.2. The molecule has 1 aromatic rings. The Morgan fingerprint density at radius 3 is 2.62 bits per heavy atom. The molecule has 7 heteroatoms. The van der Waals surface area contributed by atoms with Gasteiger partial charge in [-0.1, -0.05) is 0 Å². The van der Waals surface area contributed by atoms with Crippen LogP contribution >= 0.6 is 0 Å². The summed E-state index contributed by atoms with van der Waals surface area (Å²) in [4.78, 5) is 22.8. The predicted molar refractivity (Wildman–Crippen MR) is 77.9 cm³/mol. The minimum atomic E-state index is -3.10.